The Hall–Kier alpha value is -2.80. The first kappa shape index (κ1) is 18.6. The fraction of sp³-hybridized carbons (Fsp3) is 0.286. The number of fused-ring (bicyclic) bond motifs is 2. The van der Waals surface area contributed by atoms with Crippen molar-refractivity contribution in [3.05, 3.63) is 53.6 Å². The van der Waals surface area contributed by atoms with Crippen molar-refractivity contribution in [1.82, 2.24) is 0 Å². The van der Waals surface area contributed by atoms with E-state index in [9.17, 15) is 14.4 Å². The Morgan fingerprint density at radius 1 is 1.14 bits per heavy atom. The number of aryl methyl sites for hydroxylation is 2. The Morgan fingerprint density at radius 2 is 1.96 bits per heavy atom. The van der Waals surface area contributed by atoms with Gasteiger partial charge in [-0.25, -0.2) is 0 Å². The summed E-state index contributed by atoms with van der Waals surface area (Å²) < 4.78 is 5.06. The second-order valence-electron chi connectivity index (χ2n) is 6.84. The first-order valence-electron chi connectivity index (χ1n) is 9.22. The van der Waals surface area contributed by atoms with Crippen LogP contribution in [0.25, 0.3) is 0 Å². The number of rotatable bonds is 5. The Bertz CT molecular complexity index is 944. The van der Waals surface area contributed by atoms with E-state index in [2.05, 4.69) is 10.6 Å². The Balaban J connectivity index is 1.26. The number of hydrogen-bond acceptors (Lipinski definition) is 5. The highest BCUT2D eigenvalue weighted by molar-refractivity contribution is 8.01. The number of nitrogens with one attached hydrogen (secondary N) is 2. The molecule has 6 nitrogen and oxygen atoms in total. The van der Waals surface area contributed by atoms with Gasteiger partial charge in [0.2, 0.25) is 5.91 Å². The number of esters is 1. The third-order valence-corrected chi connectivity index (χ3v) is 6.08. The van der Waals surface area contributed by atoms with Gasteiger partial charge in [0.25, 0.3) is 5.91 Å². The molecule has 2 aromatic rings. The van der Waals surface area contributed by atoms with Crippen LogP contribution in [0, 0.1) is 0 Å². The fourth-order valence-electron chi connectivity index (χ4n) is 3.43. The zero-order valence-electron chi connectivity index (χ0n) is 15.2. The lowest BCUT2D eigenvalue weighted by molar-refractivity contribution is -0.147. The van der Waals surface area contributed by atoms with E-state index in [0.717, 1.165) is 29.8 Å². The van der Waals surface area contributed by atoms with Crippen molar-refractivity contribution in [2.45, 2.75) is 35.8 Å². The van der Waals surface area contributed by atoms with E-state index in [1.807, 2.05) is 42.5 Å². The standard InChI is InChI=1S/C21H20N2O4S/c24-19(22-15-9-8-13-4-3-5-14(13)10-15)12-27-20(25)11-18-21(26)23-16-6-1-2-7-17(16)28-18/h1-2,6-10,18H,3-5,11-12H2,(H,22,24)(H,23,26)/t18-/m1/s1. The molecule has 0 unspecified atom stereocenters. The average Bonchev–Trinajstić information content (AvgIpc) is 3.15. The summed E-state index contributed by atoms with van der Waals surface area (Å²) in [7, 11) is 0. The molecule has 2 aromatic carbocycles. The number of carbonyl (C=O) groups is 3. The van der Waals surface area contributed by atoms with Gasteiger partial charge in [0.15, 0.2) is 6.61 Å². The van der Waals surface area contributed by atoms with Gasteiger partial charge in [0.1, 0.15) is 0 Å². The fourth-order valence-corrected chi connectivity index (χ4v) is 4.53. The summed E-state index contributed by atoms with van der Waals surface area (Å²) in [6.07, 6.45) is 3.16. The van der Waals surface area contributed by atoms with Crippen LogP contribution in [0.3, 0.4) is 0 Å². The van der Waals surface area contributed by atoms with E-state index >= 15 is 0 Å². The van der Waals surface area contributed by atoms with E-state index in [0.29, 0.717) is 5.69 Å². The first-order chi connectivity index (χ1) is 13.6. The molecule has 2 amide bonds. The summed E-state index contributed by atoms with van der Waals surface area (Å²) in [5, 5.41) is 4.97. The molecular formula is C21H20N2O4S. The van der Waals surface area contributed by atoms with E-state index in [4.69, 9.17) is 4.74 Å². The van der Waals surface area contributed by atoms with Gasteiger partial charge in [-0.05, 0) is 54.7 Å². The molecule has 0 bridgehead atoms. The van der Waals surface area contributed by atoms with Crippen LogP contribution < -0.4 is 10.6 Å². The molecule has 28 heavy (non-hydrogen) atoms. The average molecular weight is 396 g/mol. The highest BCUT2D eigenvalue weighted by Gasteiger charge is 2.29. The number of benzene rings is 2. The largest absolute Gasteiger partial charge is 0.456 e. The second-order valence-corrected chi connectivity index (χ2v) is 8.09. The van der Waals surface area contributed by atoms with Crippen LogP contribution >= 0.6 is 11.8 Å². The molecule has 1 aliphatic heterocycles. The highest BCUT2D eigenvalue weighted by Crippen LogP contribution is 2.36. The van der Waals surface area contributed by atoms with Crippen LogP contribution in [0.2, 0.25) is 0 Å². The number of ether oxygens (including phenoxy) is 1. The summed E-state index contributed by atoms with van der Waals surface area (Å²) in [5.41, 5.74) is 4.04. The molecule has 0 fully saturated rings. The monoisotopic (exact) mass is 396 g/mol. The smallest absolute Gasteiger partial charge is 0.307 e. The highest BCUT2D eigenvalue weighted by atomic mass is 32.2. The molecule has 0 saturated heterocycles. The summed E-state index contributed by atoms with van der Waals surface area (Å²) >= 11 is 1.33. The predicted octanol–water partition coefficient (Wildman–Crippen LogP) is 3.16. The van der Waals surface area contributed by atoms with Crippen molar-refractivity contribution in [2.75, 3.05) is 17.2 Å². The molecule has 1 atom stereocenters. The molecule has 1 heterocycles. The summed E-state index contributed by atoms with van der Waals surface area (Å²) in [6, 6.07) is 13.3. The van der Waals surface area contributed by atoms with Crippen LogP contribution in [0.4, 0.5) is 11.4 Å². The van der Waals surface area contributed by atoms with Crippen molar-refractivity contribution in [3.63, 3.8) is 0 Å². The number of anilines is 2. The first-order valence-corrected chi connectivity index (χ1v) is 10.1. The third-order valence-electron chi connectivity index (χ3n) is 4.81. The number of thioether (sulfide) groups is 1. The molecule has 0 radical (unpaired) electrons. The third kappa shape index (κ3) is 4.20. The SMILES string of the molecule is O=C(COC(=O)C[C@H]1Sc2ccccc2NC1=O)Nc1ccc2c(c1)CCC2. The molecule has 0 spiro atoms. The zero-order valence-corrected chi connectivity index (χ0v) is 16.0. The maximum absolute atomic E-state index is 12.1. The van der Waals surface area contributed by atoms with Crippen molar-refractivity contribution in [1.29, 1.82) is 0 Å². The predicted molar refractivity (Wildman–Crippen MR) is 107 cm³/mol. The summed E-state index contributed by atoms with van der Waals surface area (Å²) in [6.45, 7) is -0.370. The lowest BCUT2D eigenvalue weighted by atomic mass is 10.1. The quantitative estimate of drug-likeness (QED) is 0.759. The van der Waals surface area contributed by atoms with E-state index in [-0.39, 0.29) is 18.9 Å². The second kappa shape index (κ2) is 8.06. The minimum absolute atomic E-state index is 0.0863. The maximum atomic E-state index is 12.1. The molecule has 1 aliphatic carbocycles. The van der Waals surface area contributed by atoms with Gasteiger partial charge in [-0.2, -0.15) is 0 Å². The Kier molecular flexibility index (Phi) is 5.34. The van der Waals surface area contributed by atoms with Crippen molar-refractivity contribution in [3.8, 4) is 0 Å². The van der Waals surface area contributed by atoms with Gasteiger partial charge in [-0.3, -0.25) is 14.4 Å². The van der Waals surface area contributed by atoms with Crippen LogP contribution in [-0.4, -0.2) is 29.6 Å². The minimum atomic E-state index is -0.573. The van der Waals surface area contributed by atoms with Gasteiger partial charge in [-0.15, -0.1) is 11.8 Å². The van der Waals surface area contributed by atoms with E-state index < -0.39 is 17.1 Å². The summed E-state index contributed by atoms with van der Waals surface area (Å²) in [5.74, 6) is -1.20. The van der Waals surface area contributed by atoms with Crippen LogP contribution in [-0.2, 0) is 32.0 Å². The van der Waals surface area contributed by atoms with Crippen molar-refractivity contribution >= 4 is 40.9 Å². The van der Waals surface area contributed by atoms with Crippen molar-refractivity contribution < 1.29 is 19.1 Å². The Morgan fingerprint density at radius 3 is 2.86 bits per heavy atom. The number of carbonyl (C=O) groups excluding carboxylic acids is 3. The molecule has 0 aromatic heterocycles. The van der Waals surface area contributed by atoms with E-state index in [1.165, 1.54) is 22.9 Å². The van der Waals surface area contributed by atoms with Crippen LogP contribution in [0.5, 0.6) is 0 Å². The minimum Gasteiger partial charge on any atom is -0.456 e. The van der Waals surface area contributed by atoms with Gasteiger partial charge < -0.3 is 15.4 Å². The van der Waals surface area contributed by atoms with Gasteiger partial charge in [0, 0.05) is 10.6 Å². The summed E-state index contributed by atoms with van der Waals surface area (Å²) in [4.78, 5) is 37.2. The normalized spacial score (nSPS) is 17.3. The van der Waals surface area contributed by atoms with Gasteiger partial charge in [-0.1, -0.05) is 18.2 Å². The lowest BCUT2D eigenvalue weighted by Gasteiger charge is -2.23. The molecule has 7 heteroatoms. The Labute approximate surface area is 167 Å². The van der Waals surface area contributed by atoms with Gasteiger partial charge >= 0.3 is 5.97 Å². The van der Waals surface area contributed by atoms with Gasteiger partial charge in [0.05, 0.1) is 17.4 Å². The molecule has 2 aliphatic rings. The number of para-hydroxylation sites is 1. The number of hydrogen-bond donors (Lipinski definition) is 2. The molecular weight excluding hydrogens is 376 g/mol. The van der Waals surface area contributed by atoms with Crippen molar-refractivity contribution in [2.24, 2.45) is 0 Å². The molecule has 0 saturated carbocycles. The molecule has 4 rings (SSSR count). The van der Waals surface area contributed by atoms with E-state index in [1.54, 1.807) is 0 Å². The zero-order chi connectivity index (χ0) is 19.5. The van der Waals surface area contributed by atoms with Crippen LogP contribution in [0.15, 0.2) is 47.4 Å². The molecule has 144 valence electrons. The lowest BCUT2D eigenvalue weighted by Crippen LogP contribution is -2.32. The van der Waals surface area contributed by atoms with Crippen LogP contribution in [0.1, 0.15) is 24.0 Å². The maximum Gasteiger partial charge on any atom is 0.307 e. The molecule has 2 N–H and O–H groups in total. The topological polar surface area (TPSA) is 84.5 Å². The number of amides is 2.